The van der Waals surface area contributed by atoms with Crippen LogP contribution in [0.5, 0.6) is 0 Å². The van der Waals surface area contributed by atoms with E-state index in [1.54, 1.807) is 60.7 Å². The zero-order valence-electron chi connectivity index (χ0n) is 41.0. The minimum absolute atomic E-state index is 0.0630. The van der Waals surface area contributed by atoms with Crippen LogP contribution in [0, 0.1) is 52.3 Å². The lowest BCUT2D eigenvalue weighted by molar-refractivity contribution is -0.363. The van der Waals surface area contributed by atoms with Crippen molar-refractivity contribution < 1.29 is 77.8 Å². The first-order valence-electron chi connectivity index (χ1n) is 25.8. The van der Waals surface area contributed by atoms with E-state index in [0.717, 1.165) is 38.5 Å². The van der Waals surface area contributed by atoms with Gasteiger partial charge in [-0.15, -0.1) is 0 Å². The number of fused-ring (bicyclic) bond motifs is 7. The Labute approximate surface area is 414 Å². The molecule has 18 nitrogen and oxygen atoms in total. The Morgan fingerprint density at radius 2 is 1.39 bits per heavy atom. The second-order valence-corrected chi connectivity index (χ2v) is 22.5. The molecule has 4 aliphatic carbocycles. The third kappa shape index (κ3) is 9.42. The number of benzene rings is 2. The second kappa shape index (κ2) is 20.1. The maximum absolute atomic E-state index is 14.7. The number of para-hydroxylation sites is 2. The van der Waals surface area contributed by atoms with Crippen LogP contribution < -0.4 is 10.6 Å². The summed E-state index contributed by atoms with van der Waals surface area (Å²) >= 11 is 0. The first kappa shape index (κ1) is 50.7. The summed E-state index contributed by atoms with van der Waals surface area (Å²) in [5, 5.41) is 61.6. The van der Waals surface area contributed by atoms with Gasteiger partial charge in [-0.1, -0.05) is 64.1 Å². The third-order valence-corrected chi connectivity index (χ3v) is 18.3. The topological polar surface area (TPSA) is 250 Å². The Bertz CT molecular complexity index is 2200. The highest BCUT2D eigenvalue weighted by Crippen LogP contribution is 2.70. The number of nitrogens with one attached hydrogen (secondary N) is 2. The van der Waals surface area contributed by atoms with Crippen LogP contribution in [-0.2, 0) is 42.7 Å². The van der Waals surface area contributed by atoms with E-state index in [-0.39, 0.29) is 52.6 Å². The van der Waals surface area contributed by atoms with Crippen LogP contribution in [0.1, 0.15) is 85.5 Å². The smallest absolute Gasteiger partial charge is 0.412 e. The van der Waals surface area contributed by atoms with Gasteiger partial charge in [0, 0.05) is 36.1 Å². The Hall–Kier alpha value is -3.79. The van der Waals surface area contributed by atoms with Crippen molar-refractivity contribution in [1.82, 2.24) is 0 Å². The fourth-order valence-corrected chi connectivity index (χ4v) is 14.8. The largest absolute Gasteiger partial charge is 0.446 e. The van der Waals surface area contributed by atoms with Crippen LogP contribution in [0.2, 0.25) is 0 Å². The van der Waals surface area contributed by atoms with Gasteiger partial charge in [0.1, 0.15) is 55.1 Å². The van der Waals surface area contributed by atoms with E-state index in [9.17, 15) is 39.9 Å². The van der Waals surface area contributed by atoms with E-state index in [1.165, 1.54) is 0 Å². The quantitative estimate of drug-likeness (QED) is 0.152. The summed E-state index contributed by atoms with van der Waals surface area (Å²) in [6.07, 6.45) is -11.0. The van der Waals surface area contributed by atoms with E-state index in [0.29, 0.717) is 54.9 Å². The molecule has 1 spiro atoms. The zero-order valence-corrected chi connectivity index (χ0v) is 41.0. The summed E-state index contributed by atoms with van der Waals surface area (Å²) < 4.78 is 48.9. The van der Waals surface area contributed by atoms with Gasteiger partial charge < -0.3 is 63.4 Å². The predicted octanol–water partition coefficient (Wildman–Crippen LogP) is 5.13. The van der Waals surface area contributed by atoms with E-state index < -0.39 is 92.6 Å². The molecule has 7 N–H and O–H groups in total. The molecular formula is C53H72N2O16. The van der Waals surface area contributed by atoms with Crippen molar-refractivity contribution in [2.75, 3.05) is 30.5 Å². The maximum Gasteiger partial charge on any atom is 0.412 e. The first-order chi connectivity index (χ1) is 34.0. The fraction of sp³-hybridized carbons (Fsp3) is 0.717. The molecule has 4 saturated heterocycles. The molecule has 2 aromatic rings. The Morgan fingerprint density at radius 3 is 2.06 bits per heavy atom. The zero-order chi connectivity index (χ0) is 50.0. The molecule has 8 aliphatic rings. The number of hydrogen-bond acceptors (Lipinski definition) is 16. The SMILES string of the molecule is C[C@@H]1CC[C@@]2(OC1)OC1C[C@H]3[C@@H]4CC[C@H]5C[C@@H](O[C@@H]6O[C@H](CO)[C@@H](O[C@@H]7O[C@H](COC(=O)Nc8ccccc8)[C@@H](OC(=O)Nc8ccccc8)[C@H](O)[C@H]7O)[C@H](O)[C@H]6O)CC[C@]5(C)[C@H]4C(=O)C[C@]3(C)C1[C@@H]2C. The van der Waals surface area contributed by atoms with E-state index in [1.807, 2.05) is 0 Å². The van der Waals surface area contributed by atoms with Crippen molar-refractivity contribution in [1.29, 1.82) is 0 Å². The number of carbonyl (C=O) groups excluding carboxylic acids is 3. The Morgan fingerprint density at radius 1 is 0.746 bits per heavy atom. The molecule has 2 aromatic carbocycles. The van der Waals surface area contributed by atoms with Crippen molar-refractivity contribution in [2.45, 2.75) is 165 Å². The molecule has 0 aromatic heterocycles. The van der Waals surface area contributed by atoms with Gasteiger partial charge in [0.25, 0.3) is 0 Å². The van der Waals surface area contributed by atoms with E-state index in [2.05, 4.69) is 38.3 Å². The lowest BCUT2D eigenvalue weighted by Gasteiger charge is -2.60. The minimum atomic E-state index is -1.91. The van der Waals surface area contributed by atoms with Gasteiger partial charge in [0.05, 0.1) is 25.4 Å². The molecular weight excluding hydrogens is 921 g/mol. The van der Waals surface area contributed by atoms with Gasteiger partial charge in [-0.05, 0) is 110 Å². The number of hydrogen-bond donors (Lipinski definition) is 7. The number of ether oxygens (including phenoxy) is 8. The number of anilines is 2. The van der Waals surface area contributed by atoms with Crippen molar-refractivity contribution in [2.24, 2.45) is 52.3 Å². The van der Waals surface area contributed by atoms with Crippen LogP contribution in [0.15, 0.2) is 60.7 Å². The number of amides is 2. The summed E-state index contributed by atoms with van der Waals surface area (Å²) in [7, 11) is 0. The molecule has 390 valence electrons. The lowest BCUT2D eigenvalue weighted by atomic mass is 9.44. The lowest BCUT2D eigenvalue weighted by Crippen LogP contribution is -2.65. The van der Waals surface area contributed by atoms with Gasteiger partial charge in [0.2, 0.25) is 0 Å². The number of aliphatic hydroxyl groups is 5. The molecule has 4 heterocycles. The first-order valence-corrected chi connectivity index (χ1v) is 25.8. The number of rotatable bonds is 10. The minimum Gasteiger partial charge on any atom is -0.446 e. The van der Waals surface area contributed by atoms with Gasteiger partial charge in [-0.25, -0.2) is 9.59 Å². The molecule has 2 amide bonds. The number of ketones is 1. The van der Waals surface area contributed by atoms with Crippen LogP contribution in [0.3, 0.4) is 0 Å². The van der Waals surface area contributed by atoms with Crippen molar-refractivity contribution >= 4 is 29.3 Å². The van der Waals surface area contributed by atoms with Gasteiger partial charge in [-0.3, -0.25) is 15.4 Å². The predicted molar refractivity (Wildman–Crippen MR) is 252 cm³/mol. The average molecular weight is 993 g/mol. The second-order valence-electron chi connectivity index (χ2n) is 22.5. The van der Waals surface area contributed by atoms with Crippen LogP contribution in [-0.4, -0.2) is 143 Å². The van der Waals surface area contributed by atoms with Crippen LogP contribution in [0.4, 0.5) is 21.0 Å². The van der Waals surface area contributed by atoms with Crippen molar-refractivity contribution in [3.8, 4) is 0 Å². The standard InChI is InChI=1S/C53H72N2O16/c1-27-17-20-53(65-25-27)28(2)39-36(71-53)22-34-33-16-15-29-21-32(18-19-51(29,3)40(33)35(57)23-52(34,39)4)66-47-43(60)41(58)45(37(24-56)67-47)69-48-44(61)42(59)46(70-50(63)55-31-13-9-6-10-14-31)38(68-48)26-64-49(62)54-30-11-7-5-8-12-30/h5-14,27-29,32-34,36-48,56,58-61H,15-26H2,1-4H3,(H,54,62)(H,55,63)/t27-,28+,29+,32+,33+,34+,36?,37-,38-,39?,40-,41-,42-,43-,44-,45-,46-,47-,48+,51+,52+,53-/m1/s1. The summed E-state index contributed by atoms with van der Waals surface area (Å²) in [4.78, 5) is 40.5. The number of Topliss-reactive ketones (excluding diaryl/α,β-unsaturated/α-hetero) is 1. The van der Waals surface area contributed by atoms with Gasteiger partial charge in [-0.2, -0.15) is 0 Å². The molecule has 0 bridgehead atoms. The molecule has 8 fully saturated rings. The summed E-state index contributed by atoms with van der Waals surface area (Å²) in [6, 6.07) is 16.8. The molecule has 0 radical (unpaired) electrons. The monoisotopic (exact) mass is 992 g/mol. The average Bonchev–Trinajstić information content (AvgIpc) is 3.80. The molecule has 22 atom stereocenters. The molecule has 2 unspecified atom stereocenters. The summed E-state index contributed by atoms with van der Waals surface area (Å²) in [5.74, 6) is 1.62. The molecule has 18 heteroatoms. The maximum atomic E-state index is 14.7. The molecule has 4 saturated carbocycles. The van der Waals surface area contributed by atoms with E-state index >= 15 is 0 Å². The molecule has 4 aliphatic heterocycles. The highest BCUT2D eigenvalue weighted by molar-refractivity contribution is 5.85. The summed E-state index contributed by atoms with van der Waals surface area (Å²) in [6.45, 7) is 8.57. The highest BCUT2D eigenvalue weighted by Gasteiger charge is 2.71. The van der Waals surface area contributed by atoms with Crippen molar-refractivity contribution in [3.05, 3.63) is 60.7 Å². The molecule has 10 rings (SSSR count). The summed E-state index contributed by atoms with van der Waals surface area (Å²) in [5.41, 5.74) is 0.443. The number of aliphatic hydroxyl groups excluding tert-OH is 5. The number of carbonyl (C=O) groups is 3. The highest BCUT2D eigenvalue weighted by atomic mass is 16.8. The fourth-order valence-electron chi connectivity index (χ4n) is 14.8. The van der Waals surface area contributed by atoms with Gasteiger partial charge >= 0.3 is 12.2 Å². The Balaban J connectivity index is 0.771. The van der Waals surface area contributed by atoms with Gasteiger partial charge in [0.15, 0.2) is 24.5 Å². The van der Waals surface area contributed by atoms with Crippen LogP contribution >= 0.6 is 0 Å². The molecule has 71 heavy (non-hydrogen) atoms. The van der Waals surface area contributed by atoms with Crippen LogP contribution in [0.25, 0.3) is 0 Å². The van der Waals surface area contributed by atoms with Crippen molar-refractivity contribution in [3.63, 3.8) is 0 Å². The van der Waals surface area contributed by atoms with E-state index in [4.69, 9.17) is 37.9 Å². The normalized spacial score (nSPS) is 46.0. The Kier molecular flexibility index (Phi) is 14.4. The third-order valence-electron chi connectivity index (χ3n) is 18.3.